The summed E-state index contributed by atoms with van der Waals surface area (Å²) in [5, 5.41) is 7.41. The zero-order valence-electron chi connectivity index (χ0n) is 14.4. The van der Waals surface area contributed by atoms with Gasteiger partial charge in [-0.05, 0) is 31.2 Å². The van der Waals surface area contributed by atoms with Gasteiger partial charge in [-0.2, -0.15) is 0 Å². The number of hydrogen-bond donors (Lipinski definition) is 0. The predicted molar refractivity (Wildman–Crippen MR) is 92.9 cm³/mol. The topological polar surface area (TPSA) is 93.4 Å². The first-order valence-electron chi connectivity index (χ1n) is 8.92. The zero-order valence-corrected chi connectivity index (χ0v) is 15.2. The summed E-state index contributed by atoms with van der Waals surface area (Å²) in [5.41, 5.74) is 0.680. The van der Waals surface area contributed by atoms with Crippen molar-refractivity contribution in [1.82, 2.24) is 15.1 Å². The largest absolute Gasteiger partial charge is 0.412 e. The van der Waals surface area contributed by atoms with Crippen LogP contribution in [0.5, 0.6) is 0 Å². The molecule has 0 N–H and O–H groups in total. The summed E-state index contributed by atoms with van der Waals surface area (Å²) in [6, 6.07) is 8.92. The molecule has 0 atom stereocenters. The quantitative estimate of drug-likeness (QED) is 0.795. The Morgan fingerprint density at radius 1 is 1.08 bits per heavy atom. The first-order valence-corrected chi connectivity index (χ1v) is 10.6. The number of aromatic nitrogens is 2. The molecule has 0 bridgehead atoms. The number of likely N-dealkylation sites (tertiary alicyclic amines) is 1. The molecule has 7 nitrogen and oxygen atoms in total. The van der Waals surface area contributed by atoms with Gasteiger partial charge in [-0.15, -0.1) is 5.10 Å². The lowest BCUT2D eigenvalue weighted by Gasteiger charge is -2.30. The van der Waals surface area contributed by atoms with Crippen molar-refractivity contribution >= 4 is 15.7 Å². The van der Waals surface area contributed by atoms with E-state index in [-0.39, 0.29) is 28.7 Å². The van der Waals surface area contributed by atoms with Gasteiger partial charge < -0.3 is 9.32 Å². The first-order chi connectivity index (χ1) is 12.5. The Hall–Kier alpha value is -2.22. The summed E-state index contributed by atoms with van der Waals surface area (Å²) < 4.78 is 30.4. The van der Waals surface area contributed by atoms with Crippen LogP contribution < -0.4 is 0 Å². The van der Waals surface area contributed by atoms with Crippen LogP contribution in [0.25, 0.3) is 0 Å². The normalized spacial score (nSPS) is 18.8. The molecule has 0 spiro atoms. The molecule has 1 aliphatic carbocycles. The highest BCUT2D eigenvalue weighted by Gasteiger charge is 2.36. The van der Waals surface area contributed by atoms with Crippen molar-refractivity contribution in [2.24, 2.45) is 5.92 Å². The standard InChI is InChI=1S/C18H21N3O4S/c22-17(15-6-7-15)21-10-8-14(9-11-21)16-19-20-18(25-16)26(23,24)12-13-4-2-1-3-5-13/h1-5,14-15H,6-12H2. The summed E-state index contributed by atoms with van der Waals surface area (Å²) in [5.74, 6) is 0.676. The Morgan fingerprint density at radius 2 is 1.77 bits per heavy atom. The lowest BCUT2D eigenvalue weighted by molar-refractivity contribution is -0.133. The van der Waals surface area contributed by atoms with E-state index >= 15 is 0 Å². The maximum absolute atomic E-state index is 12.5. The number of piperidine rings is 1. The fourth-order valence-corrected chi connectivity index (χ4v) is 4.43. The number of amides is 1. The molecule has 1 aromatic carbocycles. The minimum absolute atomic E-state index is 0.00595. The van der Waals surface area contributed by atoms with Crippen molar-refractivity contribution in [3.8, 4) is 0 Å². The van der Waals surface area contributed by atoms with Gasteiger partial charge in [0.1, 0.15) is 0 Å². The lowest BCUT2D eigenvalue weighted by atomic mass is 9.96. The van der Waals surface area contributed by atoms with Crippen LogP contribution >= 0.6 is 0 Å². The molecule has 8 heteroatoms. The van der Waals surface area contributed by atoms with Crippen LogP contribution in [0.15, 0.2) is 40.0 Å². The fraction of sp³-hybridized carbons (Fsp3) is 0.500. The van der Waals surface area contributed by atoms with Crippen LogP contribution in [-0.2, 0) is 20.4 Å². The number of carbonyl (C=O) groups is 1. The summed E-state index contributed by atoms with van der Waals surface area (Å²) in [6.45, 7) is 1.32. The third-order valence-electron chi connectivity index (χ3n) is 4.97. The van der Waals surface area contributed by atoms with E-state index in [1.165, 1.54) is 0 Å². The van der Waals surface area contributed by atoms with E-state index in [9.17, 15) is 13.2 Å². The minimum Gasteiger partial charge on any atom is -0.412 e. The minimum atomic E-state index is -3.66. The monoisotopic (exact) mass is 375 g/mol. The number of benzene rings is 1. The second-order valence-corrected chi connectivity index (χ2v) is 8.89. The van der Waals surface area contributed by atoms with Crippen molar-refractivity contribution < 1.29 is 17.6 Å². The average molecular weight is 375 g/mol. The Morgan fingerprint density at radius 3 is 2.42 bits per heavy atom. The number of nitrogens with zero attached hydrogens (tertiary/aromatic N) is 3. The Kier molecular flexibility index (Phi) is 4.52. The van der Waals surface area contributed by atoms with Crippen LogP contribution in [0.4, 0.5) is 0 Å². The second kappa shape index (κ2) is 6.83. The molecule has 1 aliphatic heterocycles. The van der Waals surface area contributed by atoms with Crippen molar-refractivity contribution in [3.05, 3.63) is 41.8 Å². The maximum atomic E-state index is 12.5. The van der Waals surface area contributed by atoms with Crippen LogP contribution in [0.3, 0.4) is 0 Å². The van der Waals surface area contributed by atoms with Gasteiger partial charge in [-0.3, -0.25) is 4.79 Å². The molecule has 2 aromatic rings. The third-order valence-corrected chi connectivity index (χ3v) is 6.38. The van der Waals surface area contributed by atoms with Gasteiger partial charge in [0.15, 0.2) is 0 Å². The molecular weight excluding hydrogens is 354 g/mol. The Labute approximate surface area is 152 Å². The van der Waals surface area contributed by atoms with E-state index in [0.29, 0.717) is 24.5 Å². The molecule has 0 unspecified atom stereocenters. The van der Waals surface area contributed by atoms with Crippen LogP contribution in [-0.4, -0.2) is 42.5 Å². The third kappa shape index (κ3) is 3.65. The number of carbonyl (C=O) groups excluding carboxylic acids is 1. The van der Waals surface area contributed by atoms with E-state index in [4.69, 9.17) is 4.42 Å². The molecule has 4 rings (SSSR count). The summed E-state index contributed by atoms with van der Waals surface area (Å²) in [4.78, 5) is 14.0. The molecule has 1 aromatic heterocycles. The Balaban J connectivity index is 1.41. The molecule has 1 amide bonds. The number of rotatable bonds is 5. The van der Waals surface area contributed by atoms with Crippen molar-refractivity contribution in [1.29, 1.82) is 0 Å². The van der Waals surface area contributed by atoms with Crippen molar-refractivity contribution in [2.75, 3.05) is 13.1 Å². The predicted octanol–water partition coefficient (Wildman–Crippen LogP) is 2.16. The van der Waals surface area contributed by atoms with E-state index < -0.39 is 9.84 Å². The number of sulfone groups is 1. The molecular formula is C18H21N3O4S. The molecule has 2 heterocycles. The summed E-state index contributed by atoms with van der Waals surface area (Å²) >= 11 is 0. The van der Waals surface area contributed by atoms with Gasteiger partial charge in [0.05, 0.1) is 5.75 Å². The van der Waals surface area contributed by atoms with Gasteiger partial charge in [0, 0.05) is 24.9 Å². The first kappa shape index (κ1) is 17.2. The highest BCUT2D eigenvalue weighted by Crippen LogP contribution is 2.34. The molecule has 1 saturated carbocycles. The zero-order chi connectivity index (χ0) is 18.1. The van der Waals surface area contributed by atoms with Gasteiger partial charge in [0.25, 0.3) is 0 Å². The van der Waals surface area contributed by atoms with E-state index in [1.54, 1.807) is 24.3 Å². The molecule has 2 aliphatic rings. The Bertz CT molecular complexity index is 882. The van der Waals surface area contributed by atoms with Crippen LogP contribution in [0.2, 0.25) is 0 Å². The van der Waals surface area contributed by atoms with E-state index in [0.717, 1.165) is 25.7 Å². The molecule has 138 valence electrons. The van der Waals surface area contributed by atoms with Crippen molar-refractivity contribution in [3.63, 3.8) is 0 Å². The average Bonchev–Trinajstić information content (AvgIpc) is 3.37. The molecule has 1 saturated heterocycles. The molecule has 2 fully saturated rings. The van der Waals surface area contributed by atoms with E-state index in [1.807, 2.05) is 11.0 Å². The van der Waals surface area contributed by atoms with E-state index in [2.05, 4.69) is 10.2 Å². The smallest absolute Gasteiger partial charge is 0.335 e. The van der Waals surface area contributed by atoms with Crippen LogP contribution in [0, 0.1) is 5.92 Å². The van der Waals surface area contributed by atoms with Gasteiger partial charge >= 0.3 is 5.22 Å². The van der Waals surface area contributed by atoms with Gasteiger partial charge in [0.2, 0.25) is 21.6 Å². The summed E-state index contributed by atoms with van der Waals surface area (Å²) in [7, 11) is -3.66. The van der Waals surface area contributed by atoms with Gasteiger partial charge in [-0.25, -0.2) is 8.42 Å². The fourth-order valence-electron chi connectivity index (χ4n) is 3.30. The van der Waals surface area contributed by atoms with Gasteiger partial charge in [-0.1, -0.05) is 35.4 Å². The highest BCUT2D eigenvalue weighted by molar-refractivity contribution is 7.90. The second-order valence-electron chi connectivity index (χ2n) is 7.02. The summed E-state index contributed by atoms with van der Waals surface area (Å²) in [6.07, 6.45) is 3.45. The molecule has 0 radical (unpaired) electrons. The molecule has 26 heavy (non-hydrogen) atoms. The van der Waals surface area contributed by atoms with Crippen LogP contribution in [0.1, 0.15) is 43.1 Å². The highest BCUT2D eigenvalue weighted by atomic mass is 32.2. The number of hydrogen-bond acceptors (Lipinski definition) is 6. The SMILES string of the molecule is O=C(C1CC1)N1CCC(c2nnc(S(=O)(=O)Cc3ccccc3)o2)CC1. The van der Waals surface area contributed by atoms with Crippen molar-refractivity contribution in [2.45, 2.75) is 42.6 Å². The maximum Gasteiger partial charge on any atom is 0.335 e. The lowest BCUT2D eigenvalue weighted by Crippen LogP contribution is -2.38.